The molecule has 4 aromatic carbocycles. The van der Waals surface area contributed by atoms with Crippen molar-refractivity contribution in [2.45, 2.75) is 30.0 Å². The number of thioether (sulfide) groups is 1. The number of hydrogen-bond donors (Lipinski definition) is 2. The van der Waals surface area contributed by atoms with Gasteiger partial charge in [-0.15, -0.1) is 0 Å². The fourth-order valence-electron chi connectivity index (χ4n) is 5.13. The van der Waals surface area contributed by atoms with Gasteiger partial charge in [-0.3, -0.25) is 9.59 Å². The highest BCUT2D eigenvalue weighted by Gasteiger charge is 2.28. The number of imidazole rings is 1. The molecule has 1 unspecified atom stereocenters. The van der Waals surface area contributed by atoms with Crippen molar-refractivity contribution in [3.05, 3.63) is 143 Å². The van der Waals surface area contributed by atoms with Gasteiger partial charge >= 0.3 is 0 Å². The van der Waals surface area contributed by atoms with Crippen LogP contribution in [0.3, 0.4) is 0 Å². The van der Waals surface area contributed by atoms with E-state index in [9.17, 15) is 26.8 Å². The molecule has 0 saturated carbocycles. The highest BCUT2D eigenvalue weighted by Crippen LogP contribution is 2.33. The van der Waals surface area contributed by atoms with Crippen LogP contribution in [0, 0.1) is 11.6 Å². The summed E-state index contributed by atoms with van der Waals surface area (Å²) in [6.07, 6.45) is 6.41. The summed E-state index contributed by atoms with van der Waals surface area (Å²) in [7, 11) is -4.26. The van der Waals surface area contributed by atoms with Crippen LogP contribution in [0.4, 0.5) is 8.78 Å². The zero-order chi connectivity index (χ0) is 35.7. The van der Waals surface area contributed by atoms with Crippen LogP contribution in [0.5, 0.6) is 0 Å². The number of carbonyl (C=O) groups is 2. The first-order valence-electron chi connectivity index (χ1n) is 15.4. The lowest BCUT2D eigenvalue weighted by molar-refractivity contribution is -0.121. The van der Waals surface area contributed by atoms with Crippen LogP contribution in [0.2, 0.25) is 5.02 Å². The van der Waals surface area contributed by atoms with Crippen LogP contribution in [0.1, 0.15) is 34.0 Å². The van der Waals surface area contributed by atoms with Crippen molar-refractivity contribution < 1.29 is 31.5 Å². The van der Waals surface area contributed by atoms with E-state index >= 15 is 0 Å². The van der Waals surface area contributed by atoms with Gasteiger partial charge in [0.05, 0.1) is 17.8 Å². The number of sulfonamides is 1. The zero-order valence-electron chi connectivity index (χ0n) is 26.8. The van der Waals surface area contributed by atoms with Gasteiger partial charge in [-0.25, -0.2) is 26.9 Å². The molecular weight excluding hydrogens is 706 g/mol. The van der Waals surface area contributed by atoms with E-state index in [4.69, 9.17) is 16.3 Å². The second-order valence-corrected chi connectivity index (χ2v) is 14.3. The Bertz CT molecular complexity index is 2010. The lowest BCUT2D eigenvalue weighted by Crippen LogP contribution is -2.48. The van der Waals surface area contributed by atoms with Gasteiger partial charge in [-0.1, -0.05) is 41.9 Å². The molecule has 5 rings (SSSR count). The minimum absolute atomic E-state index is 0.135. The van der Waals surface area contributed by atoms with E-state index in [0.29, 0.717) is 39.6 Å². The molecule has 14 heteroatoms. The Balaban J connectivity index is 1.47. The molecule has 0 spiro atoms. The van der Waals surface area contributed by atoms with Crippen molar-refractivity contribution >= 4 is 45.2 Å². The SMILES string of the molecule is CSCC[C@H](NC(=O)c1ccc(C(OCCn2ccnc2)c2ccc(F)cc2)cc1-c1ccc(F)cc1)C(=O)NS(=O)(=O)c1ccc(Cl)cc1. The van der Waals surface area contributed by atoms with Gasteiger partial charge in [-0.2, -0.15) is 11.8 Å². The summed E-state index contributed by atoms with van der Waals surface area (Å²) >= 11 is 7.31. The van der Waals surface area contributed by atoms with Crippen molar-refractivity contribution in [3.8, 4) is 11.1 Å². The molecule has 0 radical (unpaired) electrons. The van der Waals surface area contributed by atoms with Gasteiger partial charge in [0.15, 0.2) is 0 Å². The van der Waals surface area contributed by atoms with Gasteiger partial charge in [-0.05, 0) is 101 Å². The van der Waals surface area contributed by atoms with Crippen LogP contribution in [-0.4, -0.2) is 54.4 Å². The molecular formula is C36H33ClF2N4O5S2. The molecule has 0 fully saturated rings. The first-order chi connectivity index (χ1) is 24.0. The van der Waals surface area contributed by atoms with E-state index < -0.39 is 45.6 Å². The molecule has 50 heavy (non-hydrogen) atoms. The molecule has 0 bridgehead atoms. The lowest BCUT2D eigenvalue weighted by atomic mass is 9.92. The van der Waals surface area contributed by atoms with E-state index in [1.54, 1.807) is 49.1 Å². The van der Waals surface area contributed by atoms with E-state index in [2.05, 4.69) is 15.0 Å². The Morgan fingerprint density at radius 3 is 2.24 bits per heavy atom. The van der Waals surface area contributed by atoms with Crippen molar-refractivity contribution in [1.82, 2.24) is 19.6 Å². The fourth-order valence-corrected chi connectivity index (χ4v) is 6.74. The number of aromatic nitrogens is 2. The predicted molar refractivity (Wildman–Crippen MR) is 189 cm³/mol. The van der Waals surface area contributed by atoms with Crippen LogP contribution >= 0.6 is 23.4 Å². The van der Waals surface area contributed by atoms with Crippen molar-refractivity contribution in [2.75, 3.05) is 18.6 Å². The number of hydrogen-bond acceptors (Lipinski definition) is 7. The van der Waals surface area contributed by atoms with Gasteiger partial charge in [0.25, 0.3) is 21.8 Å². The quantitative estimate of drug-likeness (QED) is 0.124. The molecule has 260 valence electrons. The molecule has 1 aromatic heterocycles. The van der Waals surface area contributed by atoms with Gasteiger partial charge < -0.3 is 14.6 Å². The lowest BCUT2D eigenvalue weighted by Gasteiger charge is -2.22. The van der Waals surface area contributed by atoms with Crippen molar-refractivity contribution in [1.29, 1.82) is 0 Å². The Kier molecular flexibility index (Phi) is 12.4. The van der Waals surface area contributed by atoms with Crippen LogP contribution < -0.4 is 10.0 Å². The molecule has 9 nitrogen and oxygen atoms in total. The highest BCUT2D eigenvalue weighted by molar-refractivity contribution is 7.98. The normalized spacial score (nSPS) is 12.6. The first kappa shape index (κ1) is 36.7. The molecule has 2 N–H and O–H groups in total. The molecule has 1 heterocycles. The average molecular weight is 739 g/mol. The van der Waals surface area contributed by atoms with Gasteiger partial charge in [0.2, 0.25) is 0 Å². The summed E-state index contributed by atoms with van der Waals surface area (Å²) in [6.45, 7) is 0.772. The second kappa shape index (κ2) is 16.9. The molecule has 0 aliphatic heterocycles. The molecule has 5 aromatic rings. The van der Waals surface area contributed by atoms with Crippen molar-refractivity contribution in [2.24, 2.45) is 0 Å². The first-order valence-corrected chi connectivity index (χ1v) is 18.6. The summed E-state index contributed by atoms with van der Waals surface area (Å²) in [5.41, 5.74) is 2.35. The Morgan fingerprint density at radius 1 is 0.940 bits per heavy atom. The third kappa shape index (κ3) is 9.57. The maximum absolute atomic E-state index is 14.0. The Hall–Kier alpha value is -4.56. The summed E-state index contributed by atoms with van der Waals surface area (Å²) in [4.78, 5) is 31.2. The number of halogens is 3. The summed E-state index contributed by atoms with van der Waals surface area (Å²) in [5, 5.41) is 3.03. The highest BCUT2D eigenvalue weighted by atomic mass is 35.5. The smallest absolute Gasteiger partial charge is 0.264 e. The minimum Gasteiger partial charge on any atom is -0.367 e. The molecule has 2 atom stereocenters. The molecule has 2 amide bonds. The molecule has 0 aliphatic carbocycles. The molecule has 0 saturated heterocycles. The average Bonchev–Trinajstić information content (AvgIpc) is 3.63. The van der Waals surface area contributed by atoms with Gasteiger partial charge in [0.1, 0.15) is 23.8 Å². The van der Waals surface area contributed by atoms with Gasteiger partial charge in [0, 0.05) is 29.5 Å². The second-order valence-electron chi connectivity index (χ2n) is 11.1. The zero-order valence-corrected chi connectivity index (χ0v) is 29.2. The maximum Gasteiger partial charge on any atom is 0.264 e. The number of benzene rings is 4. The van der Waals surface area contributed by atoms with Crippen LogP contribution in [0.25, 0.3) is 11.1 Å². The number of rotatable bonds is 15. The van der Waals surface area contributed by atoms with Crippen molar-refractivity contribution in [3.63, 3.8) is 0 Å². The third-order valence-electron chi connectivity index (χ3n) is 7.70. The van der Waals surface area contributed by atoms with E-state index in [1.165, 1.54) is 72.4 Å². The Labute approximate surface area is 298 Å². The standard InChI is InChI=1S/C36H33ClF2N4O5S2/c1-49-21-16-33(36(45)42-50(46,47)30-13-7-27(37)8-14-30)41-35(44)31-15-6-26(22-32(31)24-2-9-28(38)10-3-24)34(25-4-11-29(39)12-5-25)48-20-19-43-18-17-40-23-43/h2-15,17-18,22-23,33-34H,16,19-21H2,1H3,(H,41,44)(H,42,45)/t33-,34?/m0/s1. The van der Waals surface area contributed by atoms with Crippen LogP contribution in [-0.2, 0) is 26.1 Å². The number of nitrogens with one attached hydrogen (secondary N) is 2. The minimum atomic E-state index is -4.26. The summed E-state index contributed by atoms with van der Waals surface area (Å²) in [6, 6.07) is 20.5. The number of carbonyl (C=O) groups excluding carboxylic acids is 2. The summed E-state index contributed by atoms with van der Waals surface area (Å²) < 4.78 is 64.1. The topological polar surface area (TPSA) is 119 Å². The third-order valence-corrected chi connectivity index (χ3v) is 9.96. The van der Waals surface area contributed by atoms with E-state index in [-0.39, 0.29) is 23.5 Å². The largest absolute Gasteiger partial charge is 0.367 e. The Morgan fingerprint density at radius 2 is 1.60 bits per heavy atom. The van der Waals surface area contributed by atoms with E-state index in [1.807, 2.05) is 10.8 Å². The number of nitrogens with zero attached hydrogens (tertiary/aromatic N) is 2. The number of ether oxygens (including phenoxy) is 1. The molecule has 0 aliphatic rings. The fraction of sp³-hybridized carbons (Fsp3) is 0.194. The monoisotopic (exact) mass is 738 g/mol. The van der Waals surface area contributed by atoms with Crippen LogP contribution in [0.15, 0.2) is 115 Å². The number of amides is 2. The predicted octanol–water partition coefficient (Wildman–Crippen LogP) is 6.64. The maximum atomic E-state index is 14.0. The summed E-state index contributed by atoms with van der Waals surface area (Å²) in [5.74, 6) is -2.01. The van der Waals surface area contributed by atoms with E-state index in [0.717, 1.165) is 0 Å².